The van der Waals surface area contributed by atoms with Crippen LogP contribution in [0.25, 0.3) is 0 Å². The molecule has 0 fully saturated rings. The van der Waals surface area contributed by atoms with Gasteiger partial charge in [-0.05, 0) is 43.9 Å². The first-order valence-electron chi connectivity index (χ1n) is 15.2. The minimum Gasteiger partial charge on any atom is -0.356 e. The maximum absolute atomic E-state index is 8.25. The zero-order valence-corrected chi connectivity index (χ0v) is 31.7. The van der Waals surface area contributed by atoms with Crippen molar-refractivity contribution in [2.45, 2.75) is 85.4 Å². The van der Waals surface area contributed by atoms with Gasteiger partial charge in [0.25, 0.3) is 0 Å². The smallest absolute Gasteiger partial charge is 0.356 e. The molecule has 3 heterocycles. The van der Waals surface area contributed by atoms with Crippen molar-refractivity contribution < 1.29 is 66.6 Å². The number of quaternary nitrogens is 1. The minimum atomic E-state index is -1.75. The molecule has 0 amide bonds. The van der Waals surface area contributed by atoms with Crippen LogP contribution in [0.15, 0.2) is 55.4 Å². The molecule has 24 heteroatoms. The molecule has 0 saturated heterocycles. The number of nitrogens with zero attached hydrogens (tertiary/aromatic N) is 11. The van der Waals surface area contributed by atoms with Gasteiger partial charge in [0.05, 0.1) is 46.5 Å². The van der Waals surface area contributed by atoms with Gasteiger partial charge in [0.1, 0.15) is 0 Å². The van der Waals surface area contributed by atoms with E-state index in [1.54, 1.807) is 32.6 Å². The Hall–Kier alpha value is -4.23. The fraction of sp³-hybridized carbons (Fsp3) is 0.654. The van der Waals surface area contributed by atoms with Gasteiger partial charge in [-0.3, -0.25) is 0 Å². The van der Waals surface area contributed by atoms with Crippen molar-refractivity contribution >= 4 is 0 Å². The molecule has 0 N–H and O–H groups in total. The van der Waals surface area contributed by atoms with Crippen LogP contribution in [0.4, 0.5) is 0 Å². The van der Waals surface area contributed by atoms with Crippen LogP contribution in [0.2, 0.25) is 0 Å². The Labute approximate surface area is 322 Å². The van der Waals surface area contributed by atoms with E-state index in [2.05, 4.69) is 43.0 Å². The van der Waals surface area contributed by atoms with Crippen molar-refractivity contribution in [2.75, 3.05) is 26.2 Å². The maximum Gasteiger partial charge on any atom is 3.00 e. The molecule has 0 spiro atoms. The third-order valence-corrected chi connectivity index (χ3v) is 6.23. The van der Waals surface area contributed by atoms with Crippen molar-refractivity contribution in [1.82, 2.24) is 29.3 Å². The maximum atomic E-state index is 8.25. The summed E-state index contributed by atoms with van der Waals surface area (Å²) in [5, 5.41) is 71.7. The normalized spacial score (nSPS) is 9.54. The van der Waals surface area contributed by atoms with Gasteiger partial charge in [0.2, 0.25) is 6.29 Å². The fourth-order valence-electron chi connectivity index (χ4n) is 4.26. The summed E-state index contributed by atoms with van der Waals surface area (Å²) in [6.45, 7) is 15.0. The Morgan fingerprint density at radius 2 is 0.700 bits per heavy atom. The van der Waals surface area contributed by atoms with Crippen LogP contribution in [0.5, 0.6) is 0 Å². The van der Waals surface area contributed by atoms with Gasteiger partial charge in [-0.25, -0.2) is 14.0 Å². The second-order valence-corrected chi connectivity index (χ2v) is 9.85. The standard InChI is InChI=1S/C16H36N.C10H10N6.Ce.4NO3/c1-5-9-13-17(14-10-6-2,15-11-7-3)16-12-8-4;1-4-11-14(7-1)10(15-8-2-5-12-15)16-9-3-6-13-16;;4*2-1(3)4/h5-16H2,1-4H3;1-10H;;;;;/q+1;;+3;4*-1. The molecule has 0 aliphatic heterocycles. The summed E-state index contributed by atoms with van der Waals surface area (Å²) in [7, 11) is 0. The van der Waals surface area contributed by atoms with Gasteiger partial charge in [0.15, 0.2) is 0 Å². The molecule has 281 valence electrons. The molecule has 0 saturated carbocycles. The van der Waals surface area contributed by atoms with Crippen molar-refractivity contribution in [1.29, 1.82) is 0 Å². The SMILES string of the molecule is CCCC[N+](CCCC)(CCCC)CCCC.O=[N+]([O-])[O-].O=[N+]([O-])[O-].O=[N+]([O-])[O-].O=[N+]([O-])[O-].[Ce+3].c1cnn(C(n2cccn2)n2cccn2)c1. The molecule has 0 aliphatic rings. The molecule has 3 rings (SSSR count). The van der Waals surface area contributed by atoms with E-state index >= 15 is 0 Å². The van der Waals surface area contributed by atoms with Crippen LogP contribution < -0.4 is 0 Å². The molecular weight excluding hydrogens is 798 g/mol. The number of aromatic nitrogens is 6. The van der Waals surface area contributed by atoms with Crippen LogP contribution in [0.1, 0.15) is 85.4 Å². The van der Waals surface area contributed by atoms with E-state index in [1.807, 2.05) is 36.8 Å². The Kier molecular flexibility index (Phi) is 36.4. The number of unbranched alkanes of at least 4 members (excludes halogenated alkanes) is 4. The Bertz CT molecular complexity index is 1020. The number of rotatable bonds is 15. The van der Waals surface area contributed by atoms with E-state index < -0.39 is 20.3 Å². The molecule has 0 unspecified atom stereocenters. The van der Waals surface area contributed by atoms with Gasteiger partial charge >= 0.3 is 41.7 Å². The molecule has 50 heavy (non-hydrogen) atoms. The summed E-state index contributed by atoms with van der Waals surface area (Å²) in [6.07, 6.45) is 21.7. The Morgan fingerprint density at radius 1 is 0.500 bits per heavy atom. The topological polar surface area (TPSA) is 318 Å². The molecule has 3 aromatic heterocycles. The van der Waals surface area contributed by atoms with Crippen molar-refractivity contribution in [2.24, 2.45) is 0 Å². The van der Waals surface area contributed by atoms with Crippen LogP contribution in [0, 0.1) is 103 Å². The first-order valence-corrected chi connectivity index (χ1v) is 15.2. The number of hydrogen-bond acceptors (Lipinski definition) is 15. The predicted octanol–water partition coefficient (Wildman–Crippen LogP) is 4.88. The van der Waals surface area contributed by atoms with Gasteiger partial charge in [-0.2, -0.15) is 15.3 Å². The van der Waals surface area contributed by atoms with Crippen LogP contribution in [0.3, 0.4) is 0 Å². The van der Waals surface area contributed by atoms with Gasteiger partial charge < -0.3 is 65.8 Å². The molecule has 0 aliphatic carbocycles. The average molecular weight is 845 g/mol. The zero-order chi connectivity index (χ0) is 38.1. The molecule has 0 aromatic carbocycles. The fourth-order valence-corrected chi connectivity index (χ4v) is 4.26. The average Bonchev–Trinajstić information content (AvgIpc) is 3.82. The van der Waals surface area contributed by atoms with E-state index in [1.165, 1.54) is 82.0 Å². The monoisotopic (exact) mass is 844 g/mol. The quantitative estimate of drug-likeness (QED) is 0.112. The van der Waals surface area contributed by atoms with Crippen LogP contribution in [-0.4, -0.2) is 80.3 Å². The van der Waals surface area contributed by atoms with Gasteiger partial charge in [-0.1, -0.05) is 53.4 Å². The van der Waals surface area contributed by atoms with Crippen molar-refractivity contribution in [3.8, 4) is 0 Å². The second-order valence-electron chi connectivity index (χ2n) is 9.85. The third-order valence-electron chi connectivity index (χ3n) is 6.23. The summed E-state index contributed by atoms with van der Waals surface area (Å²) in [5.74, 6) is 0. The Balaban J connectivity index is -0.000000293. The Morgan fingerprint density at radius 3 is 0.840 bits per heavy atom. The van der Waals surface area contributed by atoms with Crippen LogP contribution in [-0.2, 0) is 0 Å². The van der Waals surface area contributed by atoms with E-state index in [9.17, 15) is 0 Å². The summed E-state index contributed by atoms with van der Waals surface area (Å²) < 4.78 is 6.80. The molecule has 23 nitrogen and oxygen atoms in total. The van der Waals surface area contributed by atoms with Crippen molar-refractivity contribution in [3.05, 3.63) is 117 Å². The van der Waals surface area contributed by atoms with Crippen LogP contribution >= 0.6 is 0 Å². The molecule has 0 atom stereocenters. The van der Waals surface area contributed by atoms with E-state index in [4.69, 9.17) is 61.3 Å². The molecule has 3 aromatic rings. The van der Waals surface area contributed by atoms with Gasteiger partial charge in [-0.15, -0.1) is 0 Å². The largest absolute Gasteiger partial charge is 3.00 e. The van der Waals surface area contributed by atoms with E-state index in [0.717, 1.165) is 0 Å². The third kappa shape index (κ3) is 33.7. The minimum absolute atomic E-state index is 0. The molecule has 0 bridgehead atoms. The summed E-state index contributed by atoms with van der Waals surface area (Å²) in [6, 6.07) is 5.62. The van der Waals surface area contributed by atoms with Crippen molar-refractivity contribution in [3.63, 3.8) is 0 Å². The first kappa shape index (κ1) is 52.6. The predicted molar refractivity (Wildman–Crippen MR) is 177 cm³/mol. The van der Waals surface area contributed by atoms with E-state index in [0.29, 0.717) is 0 Å². The number of hydrogen-bond donors (Lipinski definition) is 0. The van der Waals surface area contributed by atoms with Gasteiger partial charge in [0, 0.05) is 37.2 Å². The molecular formula is C26H46CeN11O12. The van der Waals surface area contributed by atoms with E-state index in [-0.39, 0.29) is 48.0 Å². The summed E-state index contributed by atoms with van der Waals surface area (Å²) in [4.78, 5) is 33.0. The summed E-state index contributed by atoms with van der Waals surface area (Å²) in [5.41, 5.74) is 0. The second kappa shape index (κ2) is 34.6. The first-order chi connectivity index (χ1) is 23.1. The molecule has 1 radical (unpaired) electrons. The zero-order valence-electron chi connectivity index (χ0n) is 28.6. The summed E-state index contributed by atoms with van der Waals surface area (Å²) >= 11 is 0.